The number of hydrogen-bond acceptors (Lipinski definition) is 4. The number of amides is 1. The van der Waals surface area contributed by atoms with Gasteiger partial charge in [0.2, 0.25) is 5.91 Å². The molecule has 1 rings (SSSR count). The molecule has 1 aromatic carbocycles. The summed E-state index contributed by atoms with van der Waals surface area (Å²) in [5, 5.41) is 8.78. The molecule has 0 aliphatic heterocycles. The second-order valence-electron chi connectivity index (χ2n) is 5.81. The largest absolute Gasteiger partial charge is 0.478 e. The highest BCUT2D eigenvalue weighted by molar-refractivity contribution is 7.89. The molecule has 0 aliphatic carbocycles. The van der Waals surface area contributed by atoms with Crippen molar-refractivity contribution in [1.29, 1.82) is 0 Å². The number of hydrazine groups is 1. The van der Waals surface area contributed by atoms with Crippen molar-refractivity contribution >= 4 is 21.9 Å². The van der Waals surface area contributed by atoms with Gasteiger partial charge in [0, 0.05) is 6.42 Å². The summed E-state index contributed by atoms with van der Waals surface area (Å²) in [6.07, 6.45) is 0.0488. The van der Waals surface area contributed by atoms with Crippen LogP contribution >= 0.6 is 0 Å². The molecular weight excluding hydrogens is 315 g/mol. The maximum Gasteiger partial charge on any atom is 0.338 e. The van der Waals surface area contributed by atoms with E-state index in [1.165, 1.54) is 0 Å². The maximum atomic E-state index is 13.9. The molecule has 0 heterocycles. The van der Waals surface area contributed by atoms with Crippen molar-refractivity contribution in [3.05, 3.63) is 29.6 Å². The van der Waals surface area contributed by atoms with Crippen molar-refractivity contribution in [2.45, 2.75) is 32.1 Å². The Hall–Kier alpha value is -2.00. The zero-order valence-electron chi connectivity index (χ0n) is 12.3. The lowest BCUT2D eigenvalue weighted by molar-refractivity contribution is -0.123. The molecule has 9 heteroatoms. The van der Waals surface area contributed by atoms with Gasteiger partial charge in [-0.3, -0.25) is 10.2 Å². The lowest BCUT2D eigenvalue weighted by Gasteiger charge is -2.17. The summed E-state index contributed by atoms with van der Waals surface area (Å²) >= 11 is 0. The first-order valence-electron chi connectivity index (χ1n) is 6.26. The molecule has 0 fully saturated rings. The van der Waals surface area contributed by atoms with Crippen LogP contribution in [0.15, 0.2) is 23.1 Å². The fourth-order valence-electron chi connectivity index (χ4n) is 1.59. The van der Waals surface area contributed by atoms with Crippen molar-refractivity contribution < 1.29 is 27.5 Å². The first-order valence-corrected chi connectivity index (χ1v) is 7.75. The molecule has 0 aliphatic rings. The van der Waals surface area contributed by atoms with Crippen molar-refractivity contribution in [2.75, 3.05) is 0 Å². The summed E-state index contributed by atoms with van der Waals surface area (Å²) in [7, 11) is -4.42. The zero-order chi connectivity index (χ0) is 17.1. The van der Waals surface area contributed by atoms with Crippen LogP contribution in [0.1, 0.15) is 37.6 Å². The number of carboxylic acids is 1. The molecule has 122 valence electrons. The van der Waals surface area contributed by atoms with Crippen LogP contribution in [-0.2, 0) is 14.8 Å². The highest BCUT2D eigenvalue weighted by Crippen LogP contribution is 2.19. The minimum absolute atomic E-state index is 0.0488. The monoisotopic (exact) mass is 332 g/mol. The van der Waals surface area contributed by atoms with E-state index >= 15 is 0 Å². The third-order valence-corrected chi connectivity index (χ3v) is 3.76. The third-order valence-electron chi connectivity index (χ3n) is 2.50. The van der Waals surface area contributed by atoms with Gasteiger partial charge in [0.05, 0.1) is 5.56 Å². The Labute approximate surface area is 127 Å². The predicted molar refractivity (Wildman–Crippen MR) is 75.9 cm³/mol. The number of rotatable bonds is 5. The lowest BCUT2D eigenvalue weighted by atomic mass is 9.92. The number of carboxylic acid groups (broad SMARTS) is 1. The van der Waals surface area contributed by atoms with Crippen molar-refractivity contribution in [3.8, 4) is 0 Å². The van der Waals surface area contributed by atoms with Gasteiger partial charge in [-0.15, -0.1) is 4.83 Å². The lowest BCUT2D eigenvalue weighted by Crippen LogP contribution is -2.43. The molecular formula is C13H17FN2O5S. The molecule has 1 amide bonds. The van der Waals surface area contributed by atoms with Crippen LogP contribution in [-0.4, -0.2) is 25.4 Å². The first kappa shape index (κ1) is 18.1. The number of benzene rings is 1. The summed E-state index contributed by atoms with van der Waals surface area (Å²) in [6, 6.07) is 2.94. The highest BCUT2D eigenvalue weighted by Gasteiger charge is 2.24. The number of aromatic carboxylic acids is 1. The molecule has 0 bridgehead atoms. The molecule has 0 unspecified atom stereocenters. The zero-order valence-corrected chi connectivity index (χ0v) is 13.1. The van der Waals surface area contributed by atoms with Crippen LogP contribution in [0.3, 0.4) is 0 Å². The minimum Gasteiger partial charge on any atom is -0.478 e. The average molecular weight is 332 g/mol. The van der Waals surface area contributed by atoms with Crippen molar-refractivity contribution in [1.82, 2.24) is 10.3 Å². The van der Waals surface area contributed by atoms with E-state index in [0.29, 0.717) is 0 Å². The van der Waals surface area contributed by atoms with Crippen LogP contribution < -0.4 is 10.3 Å². The molecule has 0 saturated carbocycles. The van der Waals surface area contributed by atoms with Crippen molar-refractivity contribution in [2.24, 2.45) is 5.41 Å². The summed E-state index contributed by atoms with van der Waals surface area (Å²) in [6.45, 7) is 5.37. The normalized spacial score (nSPS) is 12.0. The van der Waals surface area contributed by atoms with Gasteiger partial charge in [0.1, 0.15) is 4.90 Å². The summed E-state index contributed by atoms with van der Waals surface area (Å²) in [5.41, 5.74) is 0.832. The van der Waals surface area contributed by atoms with Crippen LogP contribution in [0.25, 0.3) is 0 Å². The Kier molecular flexibility index (Phi) is 5.26. The molecule has 0 aromatic heterocycles. The van der Waals surface area contributed by atoms with Crippen LogP contribution in [0.2, 0.25) is 0 Å². The van der Waals surface area contributed by atoms with E-state index in [4.69, 9.17) is 5.11 Å². The number of carbonyl (C=O) groups excluding carboxylic acids is 1. The van der Waals surface area contributed by atoms with Crippen LogP contribution in [0, 0.1) is 11.2 Å². The van der Waals surface area contributed by atoms with Crippen LogP contribution in [0.5, 0.6) is 0 Å². The number of nitrogens with one attached hydrogen (secondary N) is 2. The van der Waals surface area contributed by atoms with E-state index in [1.54, 1.807) is 25.6 Å². The molecule has 0 radical (unpaired) electrons. The average Bonchev–Trinajstić information content (AvgIpc) is 2.34. The van der Waals surface area contributed by atoms with E-state index in [2.05, 4.69) is 0 Å². The molecule has 7 nitrogen and oxygen atoms in total. The molecule has 3 N–H and O–H groups in total. The van der Waals surface area contributed by atoms with Gasteiger partial charge in [0.15, 0.2) is 5.82 Å². The third kappa shape index (κ3) is 4.78. The highest BCUT2D eigenvalue weighted by atomic mass is 32.2. The fraction of sp³-hybridized carbons (Fsp3) is 0.385. The fourth-order valence-corrected chi connectivity index (χ4v) is 2.55. The van der Waals surface area contributed by atoms with E-state index in [9.17, 15) is 22.4 Å². The van der Waals surface area contributed by atoms with Crippen LogP contribution in [0.4, 0.5) is 4.39 Å². The summed E-state index contributed by atoms with van der Waals surface area (Å²) < 4.78 is 37.8. The van der Waals surface area contributed by atoms with E-state index in [0.717, 1.165) is 18.2 Å². The number of halogens is 1. The standard InChI is InChI=1S/C13H17FN2O5S/c1-13(2,3)7-10(17)15-16-22(20,21)9-6-4-5-8(11(9)14)12(18)19/h4-6,16H,7H2,1-3H3,(H,15,17)(H,18,19). The Morgan fingerprint density at radius 2 is 1.86 bits per heavy atom. The Morgan fingerprint density at radius 1 is 1.27 bits per heavy atom. The van der Waals surface area contributed by atoms with E-state index in [1.807, 2.05) is 5.43 Å². The maximum absolute atomic E-state index is 13.9. The molecule has 0 saturated heterocycles. The summed E-state index contributed by atoms with van der Waals surface area (Å²) in [5.74, 6) is -3.58. The van der Waals surface area contributed by atoms with Gasteiger partial charge < -0.3 is 5.11 Å². The number of sulfonamides is 1. The van der Waals surface area contributed by atoms with Gasteiger partial charge in [0.25, 0.3) is 10.0 Å². The molecule has 0 spiro atoms. The van der Waals surface area contributed by atoms with Crippen molar-refractivity contribution in [3.63, 3.8) is 0 Å². The van der Waals surface area contributed by atoms with Gasteiger partial charge in [-0.2, -0.15) is 0 Å². The van der Waals surface area contributed by atoms with Gasteiger partial charge in [-0.25, -0.2) is 17.6 Å². The SMILES string of the molecule is CC(C)(C)CC(=O)NNS(=O)(=O)c1cccc(C(=O)O)c1F. The molecule has 1 aromatic rings. The molecule has 0 atom stereocenters. The Balaban J connectivity index is 2.95. The summed E-state index contributed by atoms with van der Waals surface area (Å²) in [4.78, 5) is 23.3. The second-order valence-corrected chi connectivity index (χ2v) is 7.46. The quantitative estimate of drug-likeness (QED) is 0.703. The second kappa shape index (κ2) is 6.41. The predicted octanol–water partition coefficient (Wildman–Crippen LogP) is 1.27. The molecule has 22 heavy (non-hydrogen) atoms. The van der Waals surface area contributed by atoms with Gasteiger partial charge in [-0.05, 0) is 17.5 Å². The van der Waals surface area contributed by atoms with E-state index in [-0.39, 0.29) is 11.8 Å². The minimum atomic E-state index is -4.42. The Morgan fingerprint density at radius 3 is 2.36 bits per heavy atom. The van der Waals surface area contributed by atoms with E-state index < -0.39 is 38.2 Å². The first-order chi connectivity index (χ1) is 9.94. The van der Waals surface area contributed by atoms with Gasteiger partial charge in [-0.1, -0.05) is 26.8 Å². The smallest absolute Gasteiger partial charge is 0.338 e. The Bertz CT molecular complexity index is 695. The van der Waals surface area contributed by atoms with Gasteiger partial charge >= 0.3 is 5.97 Å². The topological polar surface area (TPSA) is 113 Å². The number of hydrogen-bond donors (Lipinski definition) is 3. The number of carbonyl (C=O) groups is 2.